The minimum atomic E-state index is -0.0371. The molecule has 0 heterocycles. The number of nitrogens with two attached hydrogens (primary N) is 1. The van der Waals surface area contributed by atoms with Gasteiger partial charge in [-0.25, -0.2) is 0 Å². The van der Waals surface area contributed by atoms with Crippen molar-refractivity contribution in [3.8, 4) is 0 Å². The standard InChI is InChI=1S/C12H15BrN2O/c1-7-2-11(3-7)15-12(16)8-4-9(13)6-10(14)5-8/h4-7,11H,2-3,14H2,1H3,(H,15,16). The average Bonchev–Trinajstić information content (AvgIpc) is 2.13. The molecule has 16 heavy (non-hydrogen) atoms. The van der Waals surface area contributed by atoms with Crippen LogP contribution in [0.25, 0.3) is 0 Å². The van der Waals surface area contributed by atoms with Gasteiger partial charge in [0.15, 0.2) is 0 Å². The molecule has 0 aromatic heterocycles. The summed E-state index contributed by atoms with van der Waals surface area (Å²) in [5.41, 5.74) is 6.90. The maximum absolute atomic E-state index is 11.9. The molecule has 0 aliphatic heterocycles. The van der Waals surface area contributed by atoms with Gasteiger partial charge in [-0.3, -0.25) is 4.79 Å². The van der Waals surface area contributed by atoms with Crippen molar-refractivity contribution in [2.24, 2.45) is 5.92 Å². The van der Waals surface area contributed by atoms with Crippen LogP contribution in [0.1, 0.15) is 30.1 Å². The van der Waals surface area contributed by atoms with E-state index in [0.717, 1.165) is 23.2 Å². The Morgan fingerprint density at radius 2 is 2.12 bits per heavy atom. The summed E-state index contributed by atoms with van der Waals surface area (Å²) >= 11 is 3.33. The van der Waals surface area contributed by atoms with Gasteiger partial charge in [-0.2, -0.15) is 0 Å². The molecule has 0 radical (unpaired) electrons. The highest BCUT2D eigenvalue weighted by molar-refractivity contribution is 9.10. The topological polar surface area (TPSA) is 55.1 Å². The summed E-state index contributed by atoms with van der Waals surface area (Å²) in [6, 6.07) is 5.60. The zero-order valence-corrected chi connectivity index (χ0v) is 10.8. The lowest BCUT2D eigenvalue weighted by Gasteiger charge is -2.33. The first kappa shape index (κ1) is 11.5. The van der Waals surface area contributed by atoms with Gasteiger partial charge in [0.05, 0.1) is 0 Å². The van der Waals surface area contributed by atoms with E-state index in [-0.39, 0.29) is 5.91 Å². The van der Waals surface area contributed by atoms with E-state index in [4.69, 9.17) is 5.73 Å². The monoisotopic (exact) mass is 282 g/mol. The Kier molecular flexibility index (Phi) is 3.19. The number of halogens is 1. The number of carbonyl (C=O) groups excluding carboxylic acids is 1. The second-order valence-electron chi connectivity index (χ2n) is 4.52. The van der Waals surface area contributed by atoms with E-state index in [2.05, 4.69) is 28.2 Å². The Morgan fingerprint density at radius 3 is 2.69 bits per heavy atom. The van der Waals surface area contributed by atoms with E-state index in [1.54, 1.807) is 18.2 Å². The van der Waals surface area contributed by atoms with Gasteiger partial charge in [-0.15, -0.1) is 0 Å². The molecule has 1 amide bonds. The first-order chi connectivity index (χ1) is 7.54. The lowest BCUT2D eigenvalue weighted by Crippen LogP contribution is -2.43. The third kappa shape index (κ3) is 2.55. The molecule has 3 nitrogen and oxygen atoms in total. The summed E-state index contributed by atoms with van der Waals surface area (Å²) in [6.45, 7) is 2.19. The Morgan fingerprint density at radius 1 is 1.44 bits per heavy atom. The molecule has 86 valence electrons. The van der Waals surface area contributed by atoms with Gasteiger partial charge in [0.2, 0.25) is 0 Å². The highest BCUT2D eigenvalue weighted by Crippen LogP contribution is 2.26. The van der Waals surface area contributed by atoms with Crippen LogP contribution in [-0.2, 0) is 0 Å². The van der Waals surface area contributed by atoms with Crippen molar-refractivity contribution in [2.75, 3.05) is 5.73 Å². The summed E-state index contributed by atoms with van der Waals surface area (Å²) in [7, 11) is 0. The number of anilines is 1. The molecule has 0 bridgehead atoms. The lowest BCUT2D eigenvalue weighted by atomic mass is 9.82. The average molecular weight is 283 g/mol. The fourth-order valence-corrected chi connectivity index (χ4v) is 2.54. The molecule has 1 aliphatic rings. The first-order valence-electron chi connectivity index (χ1n) is 5.41. The van der Waals surface area contributed by atoms with E-state index in [0.29, 0.717) is 17.3 Å². The van der Waals surface area contributed by atoms with Gasteiger partial charge in [0.1, 0.15) is 0 Å². The third-order valence-electron chi connectivity index (χ3n) is 2.89. The summed E-state index contributed by atoms with van der Waals surface area (Å²) in [4.78, 5) is 11.9. The van der Waals surface area contributed by atoms with Crippen molar-refractivity contribution in [3.05, 3.63) is 28.2 Å². The number of nitrogen functional groups attached to an aromatic ring is 1. The highest BCUT2D eigenvalue weighted by Gasteiger charge is 2.26. The second-order valence-corrected chi connectivity index (χ2v) is 5.44. The van der Waals surface area contributed by atoms with Crippen LogP contribution in [0, 0.1) is 5.92 Å². The summed E-state index contributed by atoms with van der Waals surface area (Å²) in [5, 5.41) is 3.00. The summed E-state index contributed by atoms with van der Waals surface area (Å²) < 4.78 is 0.833. The zero-order chi connectivity index (χ0) is 11.7. The van der Waals surface area contributed by atoms with E-state index >= 15 is 0 Å². The van der Waals surface area contributed by atoms with E-state index in [9.17, 15) is 4.79 Å². The molecular formula is C12H15BrN2O. The largest absolute Gasteiger partial charge is 0.399 e. The minimum Gasteiger partial charge on any atom is -0.399 e. The molecule has 3 N–H and O–H groups in total. The van der Waals surface area contributed by atoms with Gasteiger partial charge in [0.25, 0.3) is 5.91 Å². The quantitative estimate of drug-likeness (QED) is 0.820. The van der Waals surface area contributed by atoms with Gasteiger partial charge >= 0.3 is 0 Å². The van der Waals surface area contributed by atoms with Crippen LogP contribution in [0.3, 0.4) is 0 Å². The molecule has 1 aliphatic carbocycles. The molecule has 0 saturated heterocycles. The highest BCUT2D eigenvalue weighted by atomic mass is 79.9. The van der Waals surface area contributed by atoms with Crippen LogP contribution in [-0.4, -0.2) is 11.9 Å². The summed E-state index contributed by atoms with van der Waals surface area (Å²) in [6.07, 6.45) is 2.16. The van der Waals surface area contributed by atoms with Crippen LogP contribution in [0.4, 0.5) is 5.69 Å². The molecule has 4 heteroatoms. The van der Waals surface area contributed by atoms with Crippen molar-refractivity contribution < 1.29 is 4.79 Å². The van der Waals surface area contributed by atoms with Crippen LogP contribution < -0.4 is 11.1 Å². The normalized spacial score (nSPS) is 23.6. The van der Waals surface area contributed by atoms with Crippen molar-refractivity contribution in [1.82, 2.24) is 5.32 Å². The van der Waals surface area contributed by atoms with E-state index in [1.807, 2.05) is 0 Å². The molecule has 0 atom stereocenters. The molecule has 0 unspecified atom stereocenters. The number of hydrogen-bond acceptors (Lipinski definition) is 2. The van der Waals surface area contributed by atoms with Crippen molar-refractivity contribution in [1.29, 1.82) is 0 Å². The number of benzene rings is 1. The Balaban J connectivity index is 2.03. The lowest BCUT2D eigenvalue weighted by molar-refractivity contribution is 0.0896. The van der Waals surface area contributed by atoms with Crippen LogP contribution in [0.5, 0.6) is 0 Å². The molecular weight excluding hydrogens is 268 g/mol. The van der Waals surface area contributed by atoms with Crippen molar-refractivity contribution >= 4 is 27.5 Å². The second kappa shape index (κ2) is 4.45. The number of nitrogens with one attached hydrogen (secondary N) is 1. The fourth-order valence-electron chi connectivity index (χ4n) is 2.03. The molecule has 1 fully saturated rings. The smallest absolute Gasteiger partial charge is 0.251 e. The number of hydrogen-bond donors (Lipinski definition) is 2. The van der Waals surface area contributed by atoms with Gasteiger partial charge in [-0.05, 0) is 37.0 Å². The van der Waals surface area contributed by atoms with Gasteiger partial charge in [-0.1, -0.05) is 22.9 Å². The maximum atomic E-state index is 11.9. The van der Waals surface area contributed by atoms with Crippen molar-refractivity contribution in [3.63, 3.8) is 0 Å². The Hall–Kier alpha value is -1.03. The number of amides is 1. The molecule has 0 spiro atoms. The SMILES string of the molecule is CC1CC(NC(=O)c2cc(N)cc(Br)c2)C1. The van der Waals surface area contributed by atoms with Crippen molar-refractivity contribution in [2.45, 2.75) is 25.8 Å². The third-order valence-corrected chi connectivity index (χ3v) is 3.35. The number of rotatable bonds is 2. The molecule has 1 aromatic carbocycles. The predicted molar refractivity (Wildman–Crippen MR) is 68.2 cm³/mol. The zero-order valence-electron chi connectivity index (χ0n) is 9.16. The van der Waals surface area contributed by atoms with Crippen LogP contribution in [0.2, 0.25) is 0 Å². The molecule has 1 aromatic rings. The van der Waals surface area contributed by atoms with Crippen LogP contribution >= 0.6 is 15.9 Å². The maximum Gasteiger partial charge on any atom is 0.251 e. The van der Waals surface area contributed by atoms with Gasteiger partial charge in [0, 0.05) is 21.8 Å². The minimum absolute atomic E-state index is 0.0371. The molecule has 2 rings (SSSR count). The first-order valence-corrected chi connectivity index (χ1v) is 6.21. The molecule has 1 saturated carbocycles. The fraction of sp³-hybridized carbons (Fsp3) is 0.417. The van der Waals surface area contributed by atoms with E-state index < -0.39 is 0 Å². The Labute approximate surface area is 104 Å². The Bertz CT molecular complexity index is 393. The van der Waals surface area contributed by atoms with Crippen LogP contribution in [0.15, 0.2) is 22.7 Å². The predicted octanol–water partition coefficient (Wildman–Crippen LogP) is 2.56. The number of carbonyl (C=O) groups is 1. The van der Waals surface area contributed by atoms with Gasteiger partial charge < -0.3 is 11.1 Å². The summed E-state index contributed by atoms with van der Waals surface area (Å²) in [5.74, 6) is 0.697. The van der Waals surface area contributed by atoms with E-state index in [1.165, 1.54) is 0 Å².